The summed E-state index contributed by atoms with van der Waals surface area (Å²) in [5, 5.41) is 2.37. The Labute approximate surface area is 159 Å². The lowest BCUT2D eigenvalue weighted by Crippen LogP contribution is -2.33. The second kappa shape index (κ2) is 8.29. The SMILES string of the molecule is O=C(COC(=O)/C=C/c1c(Cl)nc2ccccn12)NC(=O)c1ccccc1. The molecule has 1 aromatic carbocycles. The summed E-state index contributed by atoms with van der Waals surface area (Å²) in [6, 6.07) is 13.6. The number of esters is 1. The van der Waals surface area contributed by atoms with Crippen molar-refractivity contribution < 1.29 is 19.1 Å². The second-order valence-electron chi connectivity index (χ2n) is 5.40. The van der Waals surface area contributed by atoms with E-state index in [9.17, 15) is 14.4 Å². The van der Waals surface area contributed by atoms with Crippen LogP contribution in [0.1, 0.15) is 16.1 Å². The Morgan fingerprint density at radius 3 is 2.63 bits per heavy atom. The van der Waals surface area contributed by atoms with Gasteiger partial charge in [-0.05, 0) is 30.3 Å². The van der Waals surface area contributed by atoms with Crippen LogP contribution < -0.4 is 5.32 Å². The van der Waals surface area contributed by atoms with Crippen LogP contribution in [0.5, 0.6) is 0 Å². The minimum Gasteiger partial charge on any atom is -0.452 e. The van der Waals surface area contributed by atoms with E-state index in [1.54, 1.807) is 53.1 Å². The molecule has 0 fully saturated rings. The van der Waals surface area contributed by atoms with E-state index < -0.39 is 24.4 Å². The fourth-order valence-corrected chi connectivity index (χ4v) is 2.53. The van der Waals surface area contributed by atoms with Crippen molar-refractivity contribution in [2.45, 2.75) is 0 Å². The normalized spacial score (nSPS) is 10.9. The van der Waals surface area contributed by atoms with Gasteiger partial charge in [0.25, 0.3) is 11.8 Å². The molecule has 7 nitrogen and oxygen atoms in total. The van der Waals surface area contributed by atoms with Crippen LogP contribution in [0.3, 0.4) is 0 Å². The number of ether oxygens (including phenoxy) is 1. The number of benzene rings is 1. The van der Waals surface area contributed by atoms with Crippen molar-refractivity contribution in [1.82, 2.24) is 14.7 Å². The summed E-state index contributed by atoms with van der Waals surface area (Å²) in [4.78, 5) is 39.5. The summed E-state index contributed by atoms with van der Waals surface area (Å²) in [7, 11) is 0. The Kier molecular flexibility index (Phi) is 5.63. The van der Waals surface area contributed by atoms with Crippen molar-refractivity contribution in [3.63, 3.8) is 0 Å². The van der Waals surface area contributed by atoms with Crippen LogP contribution >= 0.6 is 11.6 Å². The van der Waals surface area contributed by atoms with Gasteiger partial charge in [-0.3, -0.25) is 19.3 Å². The van der Waals surface area contributed by atoms with Gasteiger partial charge in [0.1, 0.15) is 5.65 Å². The van der Waals surface area contributed by atoms with Gasteiger partial charge in [0.05, 0.1) is 5.69 Å². The number of carbonyl (C=O) groups is 3. The number of imidazole rings is 1. The zero-order chi connectivity index (χ0) is 19.2. The van der Waals surface area contributed by atoms with Crippen molar-refractivity contribution in [1.29, 1.82) is 0 Å². The molecule has 1 N–H and O–H groups in total. The highest BCUT2D eigenvalue weighted by Crippen LogP contribution is 2.18. The van der Waals surface area contributed by atoms with E-state index in [1.165, 1.54) is 6.08 Å². The van der Waals surface area contributed by atoms with Gasteiger partial charge in [0.15, 0.2) is 11.8 Å². The first-order chi connectivity index (χ1) is 13.0. The predicted octanol–water partition coefficient (Wildman–Crippen LogP) is 2.50. The van der Waals surface area contributed by atoms with Gasteiger partial charge < -0.3 is 4.74 Å². The van der Waals surface area contributed by atoms with Crippen LogP contribution in [0.25, 0.3) is 11.7 Å². The van der Waals surface area contributed by atoms with Gasteiger partial charge in [-0.2, -0.15) is 0 Å². The Morgan fingerprint density at radius 1 is 1.11 bits per heavy atom. The van der Waals surface area contributed by atoms with Crippen molar-refractivity contribution >= 4 is 41.1 Å². The number of aromatic nitrogens is 2. The molecule has 8 heteroatoms. The molecule has 0 atom stereocenters. The highest BCUT2D eigenvalue weighted by atomic mass is 35.5. The molecule has 27 heavy (non-hydrogen) atoms. The smallest absolute Gasteiger partial charge is 0.331 e. The Bertz CT molecular complexity index is 1030. The van der Waals surface area contributed by atoms with Gasteiger partial charge in [-0.1, -0.05) is 35.9 Å². The molecule has 0 unspecified atom stereocenters. The number of nitrogens with zero attached hydrogens (tertiary/aromatic N) is 2. The van der Waals surface area contributed by atoms with E-state index in [2.05, 4.69) is 10.3 Å². The maximum atomic E-state index is 11.8. The van der Waals surface area contributed by atoms with Gasteiger partial charge >= 0.3 is 5.97 Å². The molecule has 0 saturated heterocycles. The van der Waals surface area contributed by atoms with E-state index >= 15 is 0 Å². The minimum atomic E-state index is -0.751. The van der Waals surface area contributed by atoms with Crippen molar-refractivity contribution in [2.75, 3.05) is 6.61 Å². The zero-order valence-corrected chi connectivity index (χ0v) is 14.7. The monoisotopic (exact) mass is 383 g/mol. The molecule has 3 aromatic rings. The summed E-state index contributed by atoms with van der Waals surface area (Å²) >= 11 is 6.06. The summed E-state index contributed by atoms with van der Waals surface area (Å²) in [6.45, 7) is -0.581. The molecule has 0 aliphatic rings. The van der Waals surface area contributed by atoms with E-state index in [4.69, 9.17) is 16.3 Å². The molecule has 0 aliphatic heterocycles. The number of halogens is 1. The lowest BCUT2D eigenvalue weighted by atomic mass is 10.2. The first kappa shape index (κ1) is 18.3. The number of imide groups is 1. The first-order valence-electron chi connectivity index (χ1n) is 7.91. The van der Waals surface area contributed by atoms with E-state index in [1.807, 2.05) is 6.07 Å². The van der Waals surface area contributed by atoms with Gasteiger partial charge in [-0.15, -0.1) is 0 Å². The average molecular weight is 384 g/mol. The molecule has 2 aromatic heterocycles. The molecule has 0 spiro atoms. The summed E-state index contributed by atoms with van der Waals surface area (Å²) in [5.41, 5.74) is 1.47. The summed E-state index contributed by atoms with van der Waals surface area (Å²) in [6.07, 6.45) is 4.33. The maximum absolute atomic E-state index is 11.8. The van der Waals surface area contributed by atoms with Crippen molar-refractivity contribution in [2.24, 2.45) is 0 Å². The summed E-state index contributed by atoms with van der Waals surface area (Å²) < 4.78 is 6.53. The fraction of sp³-hybridized carbons (Fsp3) is 0.0526. The molecule has 0 aliphatic carbocycles. The third-order valence-corrected chi connectivity index (χ3v) is 3.81. The largest absolute Gasteiger partial charge is 0.452 e. The number of nitrogens with one attached hydrogen (secondary N) is 1. The van der Waals surface area contributed by atoms with Gasteiger partial charge in [-0.25, -0.2) is 9.78 Å². The van der Waals surface area contributed by atoms with E-state index in [-0.39, 0.29) is 5.15 Å². The molecule has 2 heterocycles. The highest BCUT2D eigenvalue weighted by Gasteiger charge is 2.12. The second-order valence-corrected chi connectivity index (χ2v) is 5.76. The third kappa shape index (κ3) is 4.59. The van der Waals surface area contributed by atoms with Crippen molar-refractivity contribution in [3.8, 4) is 0 Å². The summed E-state index contributed by atoms with van der Waals surface area (Å²) in [5.74, 6) is -2.04. The van der Waals surface area contributed by atoms with E-state index in [0.717, 1.165) is 6.08 Å². The minimum absolute atomic E-state index is 0.233. The Balaban J connectivity index is 1.55. The van der Waals surface area contributed by atoms with Gasteiger partial charge in [0.2, 0.25) is 0 Å². The maximum Gasteiger partial charge on any atom is 0.331 e. The number of amides is 2. The third-order valence-electron chi connectivity index (χ3n) is 3.53. The zero-order valence-electron chi connectivity index (χ0n) is 14.0. The fourth-order valence-electron chi connectivity index (χ4n) is 2.29. The van der Waals surface area contributed by atoms with Crippen LogP contribution in [0.15, 0.2) is 60.8 Å². The Hall–Kier alpha value is -3.45. The van der Waals surface area contributed by atoms with Crippen LogP contribution in [0.2, 0.25) is 5.15 Å². The van der Waals surface area contributed by atoms with Crippen LogP contribution in [0.4, 0.5) is 0 Å². The molecule has 0 radical (unpaired) electrons. The van der Waals surface area contributed by atoms with Crippen LogP contribution in [-0.4, -0.2) is 33.8 Å². The highest BCUT2D eigenvalue weighted by molar-refractivity contribution is 6.31. The number of pyridine rings is 1. The number of rotatable bonds is 5. The number of hydrogen-bond donors (Lipinski definition) is 1. The van der Waals surface area contributed by atoms with E-state index in [0.29, 0.717) is 16.9 Å². The quantitative estimate of drug-likeness (QED) is 0.540. The first-order valence-corrected chi connectivity index (χ1v) is 8.29. The number of fused-ring (bicyclic) bond motifs is 1. The molecule has 136 valence electrons. The van der Waals surface area contributed by atoms with Crippen LogP contribution in [-0.2, 0) is 14.3 Å². The van der Waals surface area contributed by atoms with Crippen LogP contribution in [0, 0.1) is 0 Å². The topological polar surface area (TPSA) is 89.8 Å². The molecule has 0 saturated carbocycles. The Morgan fingerprint density at radius 2 is 1.85 bits per heavy atom. The molecule has 2 amide bonds. The number of carbonyl (C=O) groups excluding carboxylic acids is 3. The average Bonchev–Trinajstić information content (AvgIpc) is 3.00. The van der Waals surface area contributed by atoms with Gasteiger partial charge in [0, 0.05) is 17.8 Å². The molecular formula is C19H14ClN3O4. The lowest BCUT2D eigenvalue weighted by Gasteiger charge is -2.04. The predicted molar refractivity (Wildman–Crippen MR) is 99.1 cm³/mol. The number of hydrogen-bond acceptors (Lipinski definition) is 5. The molecular weight excluding hydrogens is 370 g/mol. The standard InChI is InChI=1S/C19H14ClN3O4/c20-18-14(23-11-5-4-8-15(23)21-18)9-10-17(25)27-12-16(24)22-19(26)13-6-2-1-3-7-13/h1-11H,12H2,(H,22,24,26)/b10-9+. The molecule has 0 bridgehead atoms. The van der Waals surface area contributed by atoms with Crippen molar-refractivity contribution in [3.05, 3.63) is 77.2 Å². The lowest BCUT2D eigenvalue weighted by molar-refractivity contribution is -0.143. The molecule has 3 rings (SSSR count).